The fraction of sp³-hybridized carbons (Fsp3) is 0.136. The summed E-state index contributed by atoms with van der Waals surface area (Å²) in [5.74, 6) is -1.09. The standard InChI is InChI=1S/C22H20F2N4O3/c1-2-16-18(9-10-26-21(16)25)31-19-8-7-15(12-17(19)24)27-22(30)28-20(29)11-13-3-5-14(23)6-4-13/h3-10,12H,2,11H2,1H3,(H2,25,26)(H2,27,28,29,30). The first-order chi connectivity index (χ1) is 14.9. The molecule has 0 aliphatic carbocycles. The average Bonchev–Trinajstić information content (AvgIpc) is 2.72. The van der Waals surface area contributed by atoms with E-state index in [4.69, 9.17) is 10.5 Å². The molecule has 3 rings (SSSR count). The van der Waals surface area contributed by atoms with E-state index < -0.39 is 23.6 Å². The van der Waals surface area contributed by atoms with Crippen LogP contribution >= 0.6 is 0 Å². The van der Waals surface area contributed by atoms with Crippen molar-refractivity contribution in [2.24, 2.45) is 0 Å². The van der Waals surface area contributed by atoms with Gasteiger partial charge in [-0.1, -0.05) is 19.1 Å². The number of anilines is 2. The molecule has 2 aromatic carbocycles. The topological polar surface area (TPSA) is 106 Å². The van der Waals surface area contributed by atoms with E-state index in [-0.39, 0.29) is 17.9 Å². The molecule has 0 aliphatic rings. The van der Waals surface area contributed by atoms with Gasteiger partial charge in [0.25, 0.3) is 0 Å². The first kappa shape index (κ1) is 21.7. The summed E-state index contributed by atoms with van der Waals surface area (Å²) in [5.41, 5.74) is 7.14. The number of aromatic nitrogens is 1. The van der Waals surface area contributed by atoms with Crippen molar-refractivity contribution in [3.05, 3.63) is 77.5 Å². The van der Waals surface area contributed by atoms with Crippen LogP contribution in [0.1, 0.15) is 18.1 Å². The van der Waals surface area contributed by atoms with Crippen LogP contribution in [0, 0.1) is 11.6 Å². The predicted molar refractivity (Wildman–Crippen MR) is 112 cm³/mol. The van der Waals surface area contributed by atoms with E-state index in [1.165, 1.54) is 42.6 Å². The van der Waals surface area contributed by atoms with Crippen molar-refractivity contribution in [2.75, 3.05) is 11.1 Å². The molecule has 3 amide bonds. The summed E-state index contributed by atoms with van der Waals surface area (Å²) < 4.78 is 33.0. The number of ether oxygens (including phenoxy) is 1. The Bertz CT molecular complexity index is 1100. The monoisotopic (exact) mass is 426 g/mol. The second kappa shape index (κ2) is 9.66. The molecule has 0 fully saturated rings. The van der Waals surface area contributed by atoms with Gasteiger partial charge in [0, 0.05) is 23.5 Å². The van der Waals surface area contributed by atoms with E-state index in [0.717, 1.165) is 6.07 Å². The summed E-state index contributed by atoms with van der Waals surface area (Å²) in [6.07, 6.45) is 1.91. The molecule has 0 saturated carbocycles. The van der Waals surface area contributed by atoms with Crippen LogP contribution in [0.3, 0.4) is 0 Å². The second-order valence-corrected chi connectivity index (χ2v) is 6.58. The quantitative estimate of drug-likeness (QED) is 0.548. The number of imide groups is 1. The zero-order valence-corrected chi connectivity index (χ0v) is 16.6. The number of nitrogens with one attached hydrogen (secondary N) is 2. The molecule has 0 bridgehead atoms. The lowest BCUT2D eigenvalue weighted by atomic mass is 10.1. The number of amides is 3. The van der Waals surface area contributed by atoms with Gasteiger partial charge in [0.05, 0.1) is 6.42 Å². The minimum Gasteiger partial charge on any atom is -0.454 e. The molecule has 0 radical (unpaired) electrons. The van der Waals surface area contributed by atoms with Crippen LogP contribution in [0.5, 0.6) is 11.5 Å². The van der Waals surface area contributed by atoms with E-state index in [9.17, 15) is 18.4 Å². The van der Waals surface area contributed by atoms with Crippen LogP contribution in [0.15, 0.2) is 54.7 Å². The summed E-state index contributed by atoms with van der Waals surface area (Å²) in [6, 6.07) is 9.94. The SMILES string of the molecule is CCc1c(Oc2ccc(NC(=O)NC(=O)Cc3ccc(F)cc3)cc2F)ccnc1N. The van der Waals surface area contributed by atoms with Crippen LogP contribution in [-0.4, -0.2) is 16.9 Å². The number of nitrogens with two attached hydrogens (primary N) is 1. The lowest BCUT2D eigenvalue weighted by molar-refractivity contribution is -0.119. The highest BCUT2D eigenvalue weighted by atomic mass is 19.1. The number of pyridine rings is 1. The smallest absolute Gasteiger partial charge is 0.325 e. The number of hydrogen-bond acceptors (Lipinski definition) is 5. The van der Waals surface area contributed by atoms with Gasteiger partial charge in [0.1, 0.15) is 17.4 Å². The minimum atomic E-state index is -0.824. The molecule has 3 aromatic rings. The van der Waals surface area contributed by atoms with Crippen LogP contribution in [0.2, 0.25) is 0 Å². The molecule has 0 atom stereocenters. The molecular weight excluding hydrogens is 406 g/mol. The van der Waals surface area contributed by atoms with Crippen LogP contribution in [0.25, 0.3) is 0 Å². The van der Waals surface area contributed by atoms with E-state index in [2.05, 4.69) is 15.6 Å². The van der Waals surface area contributed by atoms with Gasteiger partial charge in [-0.15, -0.1) is 0 Å². The number of carbonyl (C=O) groups excluding carboxylic acids is 2. The van der Waals surface area contributed by atoms with Crippen molar-refractivity contribution in [3.8, 4) is 11.5 Å². The maximum Gasteiger partial charge on any atom is 0.325 e. The van der Waals surface area contributed by atoms with E-state index >= 15 is 0 Å². The van der Waals surface area contributed by atoms with Crippen LogP contribution < -0.4 is 21.1 Å². The first-order valence-corrected chi connectivity index (χ1v) is 9.41. The molecule has 0 saturated heterocycles. The Morgan fingerprint density at radius 2 is 1.81 bits per heavy atom. The van der Waals surface area contributed by atoms with Gasteiger partial charge < -0.3 is 15.8 Å². The summed E-state index contributed by atoms with van der Waals surface area (Å²) in [7, 11) is 0. The Kier molecular flexibility index (Phi) is 6.76. The van der Waals surface area contributed by atoms with Crippen molar-refractivity contribution in [1.29, 1.82) is 0 Å². The fourth-order valence-corrected chi connectivity index (χ4v) is 2.84. The number of nitrogen functional groups attached to an aromatic ring is 1. The minimum absolute atomic E-state index is 0.0568. The first-order valence-electron chi connectivity index (χ1n) is 9.41. The van der Waals surface area contributed by atoms with Gasteiger partial charge in [-0.25, -0.2) is 18.6 Å². The molecule has 0 aliphatic heterocycles. The molecule has 1 aromatic heterocycles. The summed E-state index contributed by atoms with van der Waals surface area (Å²) in [4.78, 5) is 27.9. The second-order valence-electron chi connectivity index (χ2n) is 6.58. The molecule has 160 valence electrons. The molecular formula is C22H20F2N4O3. The van der Waals surface area contributed by atoms with Gasteiger partial charge in [0.15, 0.2) is 11.6 Å². The fourth-order valence-electron chi connectivity index (χ4n) is 2.84. The maximum atomic E-state index is 14.5. The third-order valence-corrected chi connectivity index (χ3v) is 4.34. The molecule has 0 unspecified atom stereocenters. The maximum absolute atomic E-state index is 14.5. The Morgan fingerprint density at radius 1 is 1.06 bits per heavy atom. The predicted octanol–water partition coefficient (Wildman–Crippen LogP) is 4.19. The van der Waals surface area contributed by atoms with E-state index in [1.807, 2.05) is 6.92 Å². The average molecular weight is 426 g/mol. The normalized spacial score (nSPS) is 10.4. The van der Waals surface area contributed by atoms with Crippen molar-refractivity contribution in [1.82, 2.24) is 10.3 Å². The molecule has 0 spiro atoms. The Hall–Kier alpha value is -4.01. The van der Waals surface area contributed by atoms with E-state index in [1.54, 1.807) is 6.07 Å². The number of hydrogen-bond donors (Lipinski definition) is 3. The highest BCUT2D eigenvalue weighted by molar-refractivity contribution is 6.01. The summed E-state index contributed by atoms with van der Waals surface area (Å²) in [6.45, 7) is 1.87. The Balaban J connectivity index is 1.61. The molecule has 31 heavy (non-hydrogen) atoms. The number of carbonyl (C=O) groups is 2. The molecule has 7 nitrogen and oxygen atoms in total. The van der Waals surface area contributed by atoms with Crippen LogP contribution in [0.4, 0.5) is 25.1 Å². The number of halogens is 2. The van der Waals surface area contributed by atoms with Gasteiger partial charge >= 0.3 is 6.03 Å². The van der Waals surface area contributed by atoms with E-state index in [0.29, 0.717) is 29.1 Å². The van der Waals surface area contributed by atoms with Gasteiger partial charge in [-0.2, -0.15) is 0 Å². The number of nitrogens with zero attached hydrogens (tertiary/aromatic N) is 1. The number of rotatable bonds is 6. The van der Waals surface area contributed by atoms with Crippen LogP contribution in [-0.2, 0) is 17.6 Å². The summed E-state index contributed by atoms with van der Waals surface area (Å²) in [5, 5.41) is 4.50. The zero-order chi connectivity index (χ0) is 22.4. The van der Waals surface area contributed by atoms with Crippen molar-refractivity contribution in [2.45, 2.75) is 19.8 Å². The van der Waals surface area contributed by atoms with Crippen molar-refractivity contribution >= 4 is 23.4 Å². The summed E-state index contributed by atoms with van der Waals surface area (Å²) >= 11 is 0. The Labute approximate surface area is 177 Å². The third-order valence-electron chi connectivity index (χ3n) is 4.34. The largest absolute Gasteiger partial charge is 0.454 e. The van der Waals surface area contributed by atoms with Gasteiger partial charge in [-0.3, -0.25) is 10.1 Å². The lowest BCUT2D eigenvalue weighted by Crippen LogP contribution is -2.35. The van der Waals surface area contributed by atoms with Crippen molar-refractivity contribution < 1.29 is 23.1 Å². The highest BCUT2D eigenvalue weighted by Gasteiger charge is 2.13. The van der Waals surface area contributed by atoms with Crippen molar-refractivity contribution in [3.63, 3.8) is 0 Å². The lowest BCUT2D eigenvalue weighted by Gasteiger charge is -2.13. The molecule has 1 heterocycles. The molecule has 4 N–H and O–H groups in total. The number of urea groups is 1. The third kappa shape index (κ3) is 5.75. The Morgan fingerprint density at radius 3 is 2.48 bits per heavy atom. The van der Waals surface area contributed by atoms with Gasteiger partial charge in [-0.05, 0) is 42.3 Å². The zero-order valence-electron chi connectivity index (χ0n) is 16.6. The molecule has 9 heteroatoms. The number of benzene rings is 2. The van der Waals surface area contributed by atoms with Gasteiger partial charge in [0.2, 0.25) is 5.91 Å². The highest BCUT2D eigenvalue weighted by Crippen LogP contribution is 2.31.